The van der Waals surface area contributed by atoms with E-state index in [4.69, 9.17) is 9.15 Å². The Labute approximate surface area is 165 Å². The lowest BCUT2D eigenvalue weighted by atomic mass is 9.94. The van der Waals surface area contributed by atoms with Crippen LogP contribution in [0.5, 0.6) is 0 Å². The van der Waals surface area contributed by atoms with Crippen LogP contribution in [0.2, 0.25) is 0 Å². The normalized spacial score (nSPS) is 14.5. The number of ether oxygens (including phenoxy) is 1. The third kappa shape index (κ3) is 5.15. The molecular weight excluding hydrogens is 356 g/mol. The Morgan fingerprint density at radius 3 is 2.64 bits per heavy atom. The third-order valence-corrected chi connectivity index (χ3v) is 5.18. The van der Waals surface area contributed by atoms with Gasteiger partial charge in [0.15, 0.2) is 6.61 Å². The lowest BCUT2D eigenvalue weighted by molar-refractivity contribution is -0.137. The largest absolute Gasteiger partial charge is 0.467 e. The number of esters is 1. The molecular formula is C22H28N2O4. The summed E-state index contributed by atoms with van der Waals surface area (Å²) in [6.45, 7) is 2.85. The average molecular weight is 384 g/mol. The van der Waals surface area contributed by atoms with E-state index in [1.165, 1.54) is 6.42 Å². The second kappa shape index (κ2) is 9.97. The Morgan fingerprint density at radius 2 is 1.93 bits per heavy atom. The minimum Gasteiger partial charge on any atom is -0.467 e. The van der Waals surface area contributed by atoms with E-state index in [1.54, 1.807) is 18.4 Å². The summed E-state index contributed by atoms with van der Waals surface area (Å²) in [5, 5.41) is 3.18. The van der Waals surface area contributed by atoms with Crippen molar-refractivity contribution in [3.8, 4) is 0 Å². The molecule has 1 fully saturated rings. The van der Waals surface area contributed by atoms with Crippen molar-refractivity contribution in [3.63, 3.8) is 0 Å². The molecule has 1 amide bonds. The molecule has 0 radical (unpaired) electrons. The minimum atomic E-state index is -0.504. The van der Waals surface area contributed by atoms with Gasteiger partial charge in [-0.3, -0.25) is 4.79 Å². The molecule has 1 aromatic heterocycles. The number of anilines is 1. The second-order valence-corrected chi connectivity index (χ2v) is 7.03. The molecule has 1 N–H and O–H groups in total. The molecule has 0 unspecified atom stereocenters. The fourth-order valence-corrected chi connectivity index (χ4v) is 3.73. The number of furan rings is 1. The molecule has 0 spiro atoms. The van der Waals surface area contributed by atoms with Gasteiger partial charge in [0.1, 0.15) is 5.76 Å². The fourth-order valence-electron chi connectivity index (χ4n) is 3.73. The number of para-hydroxylation sites is 1. The Bertz CT molecular complexity index is 767. The molecule has 3 rings (SSSR count). The van der Waals surface area contributed by atoms with Crippen LogP contribution >= 0.6 is 0 Å². The summed E-state index contributed by atoms with van der Waals surface area (Å²) in [6.07, 6.45) is 7.22. The molecule has 0 aliphatic heterocycles. The molecule has 1 heterocycles. The summed E-state index contributed by atoms with van der Waals surface area (Å²) in [5.41, 5.74) is 1.05. The monoisotopic (exact) mass is 384 g/mol. The van der Waals surface area contributed by atoms with Crippen LogP contribution in [0.4, 0.5) is 5.69 Å². The Kier molecular flexibility index (Phi) is 7.12. The van der Waals surface area contributed by atoms with E-state index in [9.17, 15) is 9.59 Å². The zero-order chi connectivity index (χ0) is 19.8. The van der Waals surface area contributed by atoms with Gasteiger partial charge in [-0.2, -0.15) is 0 Å². The third-order valence-electron chi connectivity index (χ3n) is 5.18. The van der Waals surface area contributed by atoms with Crippen molar-refractivity contribution >= 4 is 17.6 Å². The van der Waals surface area contributed by atoms with Crippen molar-refractivity contribution in [2.24, 2.45) is 0 Å². The average Bonchev–Trinajstić information content (AvgIpc) is 3.26. The smallest absolute Gasteiger partial charge is 0.340 e. The van der Waals surface area contributed by atoms with Crippen LogP contribution < -0.4 is 5.32 Å². The van der Waals surface area contributed by atoms with E-state index in [0.717, 1.165) is 31.4 Å². The molecule has 1 aliphatic carbocycles. The number of carbonyl (C=O) groups is 2. The van der Waals surface area contributed by atoms with E-state index >= 15 is 0 Å². The number of hydrogen-bond donors (Lipinski definition) is 1. The summed E-state index contributed by atoms with van der Waals surface area (Å²) in [6, 6.07) is 11.1. The SMILES string of the molecule is CCN(C(=O)COC(=O)c1ccccc1NCc1ccco1)C1CCCCC1. The molecule has 150 valence electrons. The highest BCUT2D eigenvalue weighted by Crippen LogP contribution is 2.23. The maximum atomic E-state index is 12.6. The highest BCUT2D eigenvalue weighted by atomic mass is 16.5. The number of amides is 1. The predicted molar refractivity (Wildman–Crippen MR) is 107 cm³/mol. The standard InChI is InChI=1S/C22H28N2O4/c1-2-24(17-9-4-3-5-10-17)21(25)16-28-22(26)19-12-6-7-13-20(19)23-15-18-11-8-14-27-18/h6-8,11-14,17,23H,2-5,9-10,15-16H2,1H3. The second-order valence-electron chi connectivity index (χ2n) is 7.03. The topological polar surface area (TPSA) is 71.8 Å². The van der Waals surface area contributed by atoms with Gasteiger partial charge in [0.2, 0.25) is 0 Å². The van der Waals surface area contributed by atoms with Gasteiger partial charge in [-0.1, -0.05) is 31.4 Å². The van der Waals surface area contributed by atoms with E-state index in [-0.39, 0.29) is 18.6 Å². The predicted octanol–water partition coefficient (Wildman–Crippen LogP) is 4.23. The first-order valence-corrected chi connectivity index (χ1v) is 10.0. The van der Waals surface area contributed by atoms with E-state index in [0.29, 0.717) is 24.3 Å². The Balaban J connectivity index is 1.57. The molecule has 6 nitrogen and oxygen atoms in total. The highest BCUT2D eigenvalue weighted by Gasteiger charge is 2.25. The lowest BCUT2D eigenvalue weighted by Gasteiger charge is -2.33. The molecule has 0 atom stereocenters. The van der Waals surface area contributed by atoms with Gasteiger partial charge in [0, 0.05) is 18.3 Å². The first-order chi connectivity index (χ1) is 13.7. The quantitative estimate of drug-likeness (QED) is 0.690. The van der Waals surface area contributed by atoms with Crippen LogP contribution in [-0.2, 0) is 16.1 Å². The summed E-state index contributed by atoms with van der Waals surface area (Å²) >= 11 is 0. The van der Waals surface area contributed by atoms with Gasteiger partial charge in [0.05, 0.1) is 18.4 Å². The molecule has 6 heteroatoms. The van der Waals surface area contributed by atoms with Gasteiger partial charge >= 0.3 is 5.97 Å². The van der Waals surface area contributed by atoms with Crippen molar-refractivity contribution < 1.29 is 18.7 Å². The number of benzene rings is 1. The molecule has 1 aromatic carbocycles. The van der Waals surface area contributed by atoms with Crippen LogP contribution in [0.3, 0.4) is 0 Å². The van der Waals surface area contributed by atoms with Crippen LogP contribution in [-0.4, -0.2) is 36.0 Å². The van der Waals surface area contributed by atoms with Crippen LogP contribution in [0.15, 0.2) is 47.1 Å². The number of carbonyl (C=O) groups excluding carboxylic acids is 2. The number of nitrogens with one attached hydrogen (secondary N) is 1. The molecule has 28 heavy (non-hydrogen) atoms. The first-order valence-electron chi connectivity index (χ1n) is 10.0. The summed E-state index contributed by atoms with van der Waals surface area (Å²) in [7, 11) is 0. The Hall–Kier alpha value is -2.76. The van der Waals surface area contributed by atoms with Gasteiger partial charge < -0.3 is 19.4 Å². The number of likely N-dealkylation sites (N-methyl/N-ethyl adjacent to an activating group) is 1. The van der Waals surface area contributed by atoms with E-state index in [2.05, 4.69) is 5.32 Å². The van der Waals surface area contributed by atoms with Gasteiger partial charge in [-0.15, -0.1) is 0 Å². The van der Waals surface area contributed by atoms with Crippen molar-refractivity contribution in [1.29, 1.82) is 0 Å². The zero-order valence-electron chi connectivity index (χ0n) is 16.4. The lowest BCUT2D eigenvalue weighted by Crippen LogP contribution is -2.43. The van der Waals surface area contributed by atoms with Gasteiger partial charge in [-0.25, -0.2) is 4.79 Å². The molecule has 0 saturated heterocycles. The van der Waals surface area contributed by atoms with Crippen molar-refractivity contribution in [3.05, 3.63) is 54.0 Å². The van der Waals surface area contributed by atoms with Gasteiger partial charge in [-0.05, 0) is 44.0 Å². The van der Waals surface area contributed by atoms with Crippen LogP contribution in [0.1, 0.15) is 55.1 Å². The minimum absolute atomic E-state index is 0.122. The number of rotatable bonds is 8. The molecule has 2 aromatic rings. The van der Waals surface area contributed by atoms with Crippen molar-refractivity contribution in [2.75, 3.05) is 18.5 Å². The number of hydrogen-bond acceptors (Lipinski definition) is 5. The Morgan fingerprint density at radius 1 is 1.14 bits per heavy atom. The highest BCUT2D eigenvalue weighted by molar-refractivity contribution is 5.96. The van der Waals surface area contributed by atoms with Crippen LogP contribution in [0, 0.1) is 0 Å². The first kappa shape index (κ1) is 20.0. The van der Waals surface area contributed by atoms with E-state index in [1.807, 2.05) is 36.1 Å². The summed E-state index contributed by atoms with van der Waals surface area (Å²) < 4.78 is 10.6. The van der Waals surface area contributed by atoms with E-state index < -0.39 is 5.97 Å². The van der Waals surface area contributed by atoms with Crippen molar-refractivity contribution in [1.82, 2.24) is 4.90 Å². The number of nitrogens with zero attached hydrogens (tertiary/aromatic N) is 1. The van der Waals surface area contributed by atoms with Crippen LogP contribution in [0.25, 0.3) is 0 Å². The fraction of sp³-hybridized carbons (Fsp3) is 0.455. The van der Waals surface area contributed by atoms with Gasteiger partial charge in [0.25, 0.3) is 5.91 Å². The molecule has 1 aliphatic rings. The summed E-state index contributed by atoms with van der Waals surface area (Å²) in [4.78, 5) is 27.0. The van der Waals surface area contributed by atoms with Crippen molar-refractivity contribution in [2.45, 2.75) is 51.6 Å². The molecule has 0 bridgehead atoms. The zero-order valence-corrected chi connectivity index (χ0v) is 16.4. The molecule has 1 saturated carbocycles. The maximum absolute atomic E-state index is 12.6. The maximum Gasteiger partial charge on any atom is 0.340 e. The summed E-state index contributed by atoms with van der Waals surface area (Å²) in [5.74, 6) is 0.142.